The van der Waals surface area contributed by atoms with E-state index in [9.17, 15) is 9.59 Å². The Bertz CT molecular complexity index is 569. The molecular formula is C29H52O8. The number of carbonyl (C=O) groups is 2. The summed E-state index contributed by atoms with van der Waals surface area (Å²) < 4.78 is 33.7. The van der Waals surface area contributed by atoms with Crippen LogP contribution in [0.3, 0.4) is 0 Å². The summed E-state index contributed by atoms with van der Waals surface area (Å²) in [6.07, 6.45) is 7.04. The van der Waals surface area contributed by atoms with E-state index in [1.807, 2.05) is 27.7 Å². The molecule has 0 aliphatic carbocycles. The molecule has 8 heteroatoms. The van der Waals surface area contributed by atoms with Gasteiger partial charge in [-0.3, -0.25) is 0 Å². The number of rotatable bonds is 24. The summed E-state index contributed by atoms with van der Waals surface area (Å²) in [6.45, 7) is 21.2. The lowest BCUT2D eigenvalue weighted by atomic mass is 9.81. The van der Waals surface area contributed by atoms with E-state index in [-0.39, 0.29) is 17.6 Å². The number of hydrogen-bond donors (Lipinski definition) is 0. The second-order valence-corrected chi connectivity index (χ2v) is 9.63. The lowest BCUT2D eigenvalue weighted by Gasteiger charge is -2.28. The Morgan fingerprint density at radius 2 is 1.00 bits per heavy atom. The Kier molecular flexibility index (Phi) is 20.2. The fourth-order valence-corrected chi connectivity index (χ4v) is 4.16. The predicted molar refractivity (Wildman–Crippen MR) is 145 cm³/mol. The summed E-state index contributed by atoms with van der Waals surface area (Å²) in [5.74, 6) is -0.873. The molecule has 0 N–H and O–H groups in total. The second-order valence-electron chi connectivity index (χ2n) is 9.63. The smallest absolute Gasteiger partial charge is 0.330 e. The standard InChI is InChI=1S/C29H52O8/c1-9-25(30)36-23(21-27(32-11-3)33-12-4)17-15-19-29(7,8)20-16-18-24(37-26(31)10-2)22-28(34-13-5)35-14-6/h9-10,23-24,27-28H,1-2,11-22H2,3-8H3. The van der Waals surface area contributed by atoms with Gasteiger partial charge in [-0.25, -0.2) is 9.59 Å². The van der Waals surface area contributed by atoms with Gasteiger partial charge < -0.3 is 28.4 Å². The maximum Gasteiger partial charge on any atom is 0.330 e. The van der Waals surface area contributed by atoms with Crippen molar-refractivity contribution in [2.75, 3.05) is 26.4 Å². The molecule has 0 aromatic rings. The zero-order chi connectivity index (χ0) is 28.1. The first-order valence-electron chi connectivity index (χ1n) is 13.8. The topological polar surface area (TPSA) is 89.5 Å². The first kappa shape index (κ1) is 35.3. The molecular weight excluding hydrogens is 476 g/mol. The molecule has 0 radical (unpaired) electrons. The molecule has 0 aliphatic rings. The van der Waals surface area contributed by atoms with Gasteiger partial charge in [0.15, 0.2) is 12.6 Å². The average Bonchev–Trinajstić information content (AvgIpc) is 2.84. The van der Waals surface area contributed by atoms with E-state index in [0.717, 1.165) is 25.7 Å². The van der Waals surface area contributed by atoms with E-state index in [2.05, 4.69) is 27.0 Å². The SMILES string of the molecule is C=CC(=O)OC(CCCC(C)(C)CCCC(CC(OCC)OCC)OC(=O)C=C)CC(OCC)OCC. The van der Waals surface area contributed by atoms with E-state index in [1.54, 1.807) is 0 Å². The molecule has 2 atom stereocenters. The van der Waals surface area contributed by atoms with Crippen LogP contribution in [0.25, 0.3) is 0 Å². The van der Waals surface area contributed by atoms with Crippen molar-refractivity contribution in [2.24, 2.45) is 5.41 Å². The van der Waals surface area contributed by atoms with Crippen molar-refractivity contribution >= 4 is 11.9 Å². The van der Waals surface area contributed by atoms with Crippen molar-refractivity contribution in [3.05, 3.63) is 25.3 Å². The van der Waals surface area contributed by atoms with E-state index < -0.39 is 24.5 Å². The molecule has 0 aliphatic heterocycles. The van der Waals surface area contributed by atoms with Crippen LogP contribution in [-0.2, 0) is 38.0 Å². The molecule has 0 heterocycles. The van der Waals surface area contributed by atoms with Crippen molar-refractivity contribution < 1.29 is 38.0 Å². The van der Waals surface area contributed by atoms with Gasteiger partial charge in [-0.15, -0.1) is 0 Å². The fourth-order valence-electron chi connectivity index (χ4n) is 4.16. The highest BCUT2D eigenvalue weighted by atomic mass is 16.7. The molecule has 0 saturated carbocycles. The van der Waals surface area contributed by atoms with Crippen LogP contribution in [0.2, 0.25) is 0 Å². The molecule has 216 valence electrons. The van der Waals surface area contributed by atoms with Crippen LogP contribution in [0.1, 0.15) is 92.9 Å². The minimum atomic E-state index is -0.437. The molecule has 2 unspecified atom stereocenters. The number of carbonyl (C=O) groups excluding carboxylic acids is 2. The van der Waals surface area contributed by atoms with Crippen LogP contribution < -0.4 is 0 Å². The van der Waals surface area contributed by atoms with Gasteiger partial charge in [-0.05, 0) is 71.6 Å². The maximum absolute atomic E-state index is 11.9. The third-order valence-corrected chi connectivity index (χ3v) is 5.98. The van der Waals surface area contributed by atoms with E-state index in [0.29, 0.717) is 52.1 Å². The highest BCUT2D eigenvalue weighted by Crippen LogP contribution is 2.31. The summed E-state index contributed by atoms with van der Waals surface area (Å²) in [4.78, 5) is 23.7. The molecule has 8 nitrogen and oxygen atoms in total. The Balaban J connectivity index is 4.89. The molecule has 0 aromatic heterocycles. The largest absolute Gasteiger partial charge is 0.459 e. The quantitative estimate of drug-likeness (QED) is 0.0840. The first-order valence-corrected chi connectivity index (χ1v) is 13.8. The van der Waals surface area contributed by atoms with Gasteiger partial charge in [-0.1, -0.05) is 27.0 Å². The Labute approximate surface area is 225 Å². The van der Waals surface area contributed by atoms with Crippen LogP contribution in [0.4, 0.5) is 0 Å². The van der Waals surface area contributed by atoms with Gasteiger partial charge in [0.05, 0.1) is 0 Å². The summed E-state index contributed by atoms with van der Waals surface area (Å²) in [5, 5.41) is 0. The van der Waals surface area contributed by atoms with Gasteiger partial charge in [0, 0.05) is 51.4 Å². The Morgan fingerprint density at radius 3 is 1.27 bits per heavy atom. The van der Waals surface area contributed by atoms with Gasteiger partial charge in [-0.2, -0.15) is 0 Å². The maximum atomic E-state index is 11.9. The van der Waals surface area contributed by atoms with Crippen LogP contribution in [-0.4, -0.2) is 63.2 Å². The molecule has 0 spiro atoms. The zero-order valence-electron chi connectivity index (χ0n) is 24.1. The number of hydrogen-bond acceptors (Lipinski definition) is 8. The monoisotopic (exact) mass is 528 g/mol. The molecule has 0 rings (SSSR count). The number of esters is 2. The molecule has 0 fully saturated rings. The van der Waals surface area contributed by atoms with Crippen molar-refractivity contribution in [3.8, 4) is 0 Å². The Morgan fingerprint density at radius 1 is 0.676 bits per heavy atom. The van der Waals surface area contributed by atoms with Crippen LogP contribution in [0.5, 0.6) is 0 Å². The lowest BCUT2D eigenvalue weighted by Crippen LogP contribution is -2.28. The van der Waals surface area contributed by atoms with Crippen molar-refractivity contribution in [3.63, 3.8) is 0 Å². The van der Waals surface area contributed by atoms with Crippen LogP contribution in [0, 0.1) is 5.41 Å². The third kappa shape index (κ3) is 18.2. The van der Waals surface area contributed by atoms with Crippen LogP contribution in [0.15, 0.2) is 25.3 Å². The highest BCUT2D eigenvalue weighted by molar-refractivity contribution is 5.81. The summed E-state index contributed by atoms with van der Waals surface area (Å²) in [7, 11) is 0. The molecule has 0 bridgehead atoms. The van der Waals surface area contributed by atoms with E-state index >= 15 is 0 Å². The Hall–Kier alpha value is -1.74. The zero-order valence-corrected chi connectivity index (χ0v) is 24.1. The fraction of sp³-hybridized carbons (Fsp3) is 0.793. The lowest BCUT2D eigenvalue weighted by molar-refractivity contribution is -0.167. The molecule has 0 saturated heterocycles. The highest BCUT2D eigenvalue weighted by Gasteiger charge is 2.25. The minimum Gasteiger partial charge on any atom is -0.459 e. The van der Waals surface area contributed by atoms with E-state index in [1.165, 1.54) is 12.2 Å². The third-order valence-electron chi connectivity index (χ3n) is 5.98. The molecule has 37 heavy (non-hydrogen) atoms. The average molecular weight is 529 g/mol. The van der Waals surface area contributed by atoms with Gasteiger partial charge >= 0.3 is 11.9 Å². The summed E-state index contributed by atoms with van der Waals surface area (Å²) >= 11 is 0. The summed E-state index contributed by atoms with van der Waals surface area (Å²) in [5.41, 5.74) is 0.0679. The van der Waals surface area contributed by atoms with Crippen molar-refractivity contribution in [1.29, 1.82) is 0 Å². The molecule has 0 amide bonds. The first-order chi connectivity index (χ1) is 17.6. The predicted octanol–water partition coefficient (Wildman–Crippen LogP) is 6.13. The summed E-state index contributed by atoms with van der Waals surface area (Å²) in [6, 6.07) is 0. The van der Waals surface area contributed by atoms with Crippen LogP contribution >= 0.6 is 0 Å². The van der Waals surface area contributed by atoms with Crippen molar-refractivity contribution in [2.45, 2.75) is 118 Å². The van der Waals surface area contributed by atoms with Gasteiger partial charge in [0.25, 0.3) is 0 Å². The van der Waals surface area contributed by atoms with Gasteiger partial charge in [0.1, 0.15) is 12.2 Å². The minimum absolute atomic E-state index is 0.0679. The van der Waals surface area contributed by atoms with Gasteiger partial charge in [0.2, 0.25) is 0 Å². The molecule has 0 aromatic carbocycles. The number of ether oxygens (including phenoxy) is 6. The second kappa shape index (κ2) is 21.2. The normalized spacial score (nSPS) is 13.4. The van der Waals surface area contributed by atoms with Crippen molar-refractivity contribution in [1.82, 2.24) is 0 Å². The van der Waals surface area contributed by atoms with E-state index in [4.69, 9.17) is 28.4 Å².